The van der Waals surface area contributed by atoms with Crippen LogP contribution < -0.4 is 0 Å². The normalized spacial score (nSPS) is 10.4. The quantitative estimate of drug-likeness (QED) is 0.126. The summed E-state index contributed by atoms with van der Waals surface area (Å²) in [6.07, 6.45) is 12.4. The number of hydrogen-bond acceptors (Lipinski definition) is 14. The van der Waals surface area contributed by atoms with Gasteiger partial charge in [0.25, 0.3) is 0 Å². The third kappa shape index (κ3) is 18.3. The van der Waals surface area contributed by atoms with Gasteiger partial charge in [-0.1, -0.05) is 188 Å². The molecule has 0 N–H and O–H groups in total. The van der Waals surface area contributed by atoms with Crippen LogP contribution in [0.15, 0.2) is 310 Å². The molecule has 0 aliphatic rings. The first-order valence-corrected chi connectivity index (χ1v) is 30.9. The molecule has 460 valence electrons. The van der Waals surface area contributed by atoms with Gasteiger partial charge in [-0.3, -0.25) is 19.9 Å². The van der Waals surface area contributed by atoms with E-state index in [4.69, 9.17) is 0 Å². The Bertz CT molecular complexity index is 3830. The Morgan fingerprint density at radius 1 is 0.189 bits per heavy atom. The van der Waals surface area contributed by atoms with Crippen molar-refractivity contribution in [1.82, 2.24) is 69.8 Å². The Kier molecular flexibility index (Phi) is 21.8. The summed E-state index contributed by atoms with van der Waals surface area (Å²) in [6, 6.07) is 88.3. The highest BCUT2D eigenvalue weighted by atomic mass is 14.9. The molecule has 0 saturated carbocycles. The molecule has 95 heavy (non-hydrogen) atoms. The molecule has 14 nitrogen and oxygen atoms in total. The molecule has 0 atom stereocenters. The van der Waals surface area contributed by atoms with Crippen LogP contribution in [0.3, 0.4) is 0 Å². The van der Waals surface area contributed by atoms with Crippen LogP contribution >= 0.6 is 0 Å². The predicted molar refractivity (Wildman–Crippen MR) is 379 cm³/mol. The molecule has 15 rings (SSSR count). The highest BCUT2D eigenvalue weighted by molar-refractivity contribution is 5.71. The molecular formula is C81H66N14. The molecule has 0 unspecified atom stereocenters. The van der Waals surface area contributed by atoms with Gasteiger partial charge in [-0.2, -0.15) is 0 Å². The summed E-state index contributed by atoms with van der Waals surface area (Å²) in [5.41, 5.74) is 19.7. The van der Waals surface area contributed by atoms with Crippen molar-refractivity contribution < 1.29 is 0 Å². The number of rotatable bonds is 10. The van der Waals surface area contributed by atoms with E-state index in [1.54, 1.807) is 37.2 Å². The molecule has 0 bridgehead atoms. The number of benzene rings is 6. The molecule has 9 aromatic heterocycles. The average molecular weight is 1240 g/mol. The second kappa shape index (κ2) is 32.4. The van der Waals surface area contributed by atoms with E-state index >= 15 is 0 Å². The summed E-state index contributed by atoms with van der Waals surface area (Å²) in [5, 5.41) is 0. The zero-order chi connectivity index (χ0) is 65.4. The first-order valence-electron chi connectivity index (χ1n) is 30.9. The Hall–Kier alpha value is -12.7. The summed E-state index contributed by atoms with van der Waals surface area (Å²) in [6.45, 7) is 9.71. The minimum atomic E-state index is 0.715. The molecule has 0 radical (unpaired) electrons. The second-order valence-corrected chi connectivity index (χ2v) is 21.6. The molecule has 0 saturated heterocycles. The molecule has 15 aromatic rings. The van der Waals surface area contributed by atoms with Crippen molar-refractivity contribution in [1.29, 1.82) is 0 Å². The fraction of sp³-hybridized carbons (Fsp3) is 0.0617. The lowest BCUT2D eigenvalue weighted by Crippen LogP contribution is -1.95. The first-order chi connectivity index (χ1) is 46.6. The fourth-order valence-electron chi connectivity index (χ4n) is 9.94. The van der Waals surface area contributed by atoms with Crippen LogP contribution in [0.4, 0.5) is 0 Å². The number of aromatic nitrogens is 14. The largest absolute Gasteiger partial charge is 0.265 e. The average Bonchev–Trinajstić information content (AvgIpc) is 1.37. The Labute approximate surface area is 553 Å². The first kappa shape index (κ1) is 63.9. The van der Waals surface area contributed by atoms with Crippen LogP contribution in [-0.4, -0.2) is 69.8 Å². The Morgan fingerprint density at radius 2 is 0.495 bits per heavy atom. The summed E-state index contributed by atoms with van der Waals surface area (Å²) in [4.78, 5) is 61.8. The van der Waals surface area contributed by atoms with Gasteiger partial charge in [-0.25, -0.2) is 49.8 Å². The molecule has 0 aliphatic heterocycles. The van der Waals surface area contributed by atoms with Gasteiger partial charge in [0.15, 0.2) is 11.6 Å². The highest BCUT2D eigenvalue weighted by Gasteiger charge is 2.12. The maximum Gasteiger partial charge on any atom is 0.161 e. The highest BCUT2D eigenvalue weighted by Crippen LogP contribution is 2.28. The smallest absolute Gasteiger partial charge is 0.161 e. The second-order valence-electron chi connectivity index (χ2n) is 21.6. The van der Waals surface area contributed by atoms with E-state index in [2.05, 4.69) is 130 Å². The molecule has 0 fully saturated rings. The molecule has 0 aliphatic carbocycles. The SMILES string of the molecule is Cc1cc(-c2ccccc2)nc(-c2cccnc2)n1.Cc1cc(-c2ccccc2)nc(-c2ccncc2)n1.Cc1nc(-c2ccccc2)cc(-c2ccccc2)n1.Cc1nc(-c2ccccc2)cc(-c2ccccn2)n1.Cc1nc(-c2ccccc2)cc(-c2cccnc2)n1. The van der Waals surface area contributed by atoms with Crippen LogP contribution in [-0.2, 0) is 0 Å². The third-order valence-electron chi connectivity index (χ3n) is 14.4. The molecule has 0 amide bonds. The number of hydrogen-bond donors (Lipinski definition) is 0. The molecular weight excluding hydrogens is 1170 g/mol. The van der Waals surface area contributed by atoms with Crippen LogP contribution in [0.25, 0.3) is 113 Å². The van der Waals surface area contributed by atoms with Gasteiger partial charge in [0.05, 0.1) is 51.2 Å². The molecule has 0 spiro atoms. The Balaban J connectivity index is 0.000000121. The lowest BCUT2D eigenvalue weighted by molar-refractivity contribution is 1.05. The Morgan fingerprint density at radius 3 is 0.842 bits per heavy atom. The van der Waals surface area contributed by atoms with Gasteiger partial charge in [-0.05, 0) is 113 Å². The maximum atomic E-state index is 4.64. The molecule has 9 heterocycles. The number of aryl methyl sites for hydroxylation is 5. The summed E-state index contributed by atoms with van der Waals surface area (Å²) in [7, 11) is 0. The van der Waals surface area contributed by atoms with Gasteiger partial charge in [0.1, 0.15) is 17.5 Å². The van der Waals surface area contributed by atoms with E-state index in [1.807, 2.05) is 247 Å². The van der Waals surface area contributed by atoms with Crippen molar-refractivity contribution in [2.75, 3.05) is 0 Å². The van der Waals surface area contributed by atoms with E-state index in [0.717, 1.165) is 136 Å². The third-order valence-corrected chi connectivity index (χ3v) is 14.4. The van der Waals surface area contributed by atoms with Gasteiger partial charge in [0.2, 0.25) is 0 Å². The zero-order valence-corrected chi connectivity index (χ0v) is 53.2. The lowest BCUT2D eigenvalue weighted by atomic mass is 10.1. The van der Waals surface area contributed by atoms with Crippen LogP contribution in [0, 0.1) is 34.6 Å². The van der Waals surface area contributed by atoms with Crippen molar-refractivity contribution in [3.8, 4) is 113 Å². The monoisotopic (exact) mass is 1230 g/mol. The van der Waals surface area contributed by atoms with Crippen LogP contribution in [0.2, 0.25) is 0 Å². The fourth-order valence-corrected chi connectivity index (χ4v) is 9.94. The van der Waals surface area contributed by atoms with Crippen molar-refractivity contribution >= 4 is 0 Å². The van der Waals surface area contributed by atoms with Crippen molar-refractivity contribution in [3.05, 3.63) is 339 Å². The topological polar surface area (TPSA) is 180 Å². The molecule has 14 heteroatoms. The van der Waals surface area contributed by atoms with Gasteiger partial charge >= 0.3 is 0 Å². The summed E-state index contributed by atoms with van der Waals surface area (Å²) >= 11 is 0. The maximum absolute atomic E-state index is 4.64. The van der Waals surface area contributed by atoms with E-state index in [-0.39, 0.29) is 0 Å². The minimum absolute atomic E-state index is 0.715. The van der Waals surface area contributed by atoms with Crippen LogP contribution in [0.5, 0.6) is 0 Å². The van der Waals surface area contributed by atoms with E-state index in [1.165, 1.54) is 0 Å². The van der Waals surface area contributed by atoms with E-state index < -0.39 is 0 Å². The zero-order valence-electron chi connectivity index (χ0n) is 53.2. The standard InChI is InChI=1S/C17H14N2.4C16H13N3/c1-13-18-16(14-8-4-2-5-9-14)12-17(19-13)15-10-6-3-7-11-15;1-12-18-15(13-7-3-2-4-8-13)11-16(19-12)14-9-5-6-10-17-14;1-12-18-15(13-6-3-2-4-7-13)10-16(19-12)14-8-5-9-17-11-14;1-12-10-15(13-6-3-2-4-7-13)19-16(18-12)14-8-5-9-17-11-14;1-12-11-15(13-5-3-2-4-6-13)19-16(18-12)14-7-9-17-10-8-14/h2-12H,1H3;4*2-11H,1H3. The van der Waals surface area contributed by atoms with Crippen molar-refractivity contribution in [2.24, 2.45) is 0 Å². The minimum Gasteiger partial charge on any atom is -0.265 e. The molecule has 6 aromatic carbocycles. The van der Waals surface area contributed by atoms with Crippen molar-refractivity contribution in [3.63, 3.8) is 0 Å². The summed E-state index contributed by atoms with van der Waals surface area (Å²) in [5.74, 6) is 3.76. The lowest BCUT2D eigenvalue weighted by Gasteiger charge is -2.06. The van der Waals surface area contributed by atoms with Crippen molar-refractivity contribution in [2.45, 2.75) is 34.6 Å². The van der Waals surface area contributed by atoms with Gasteiger partial charge in [-0.15, -0.1) is 0 Å². The van der Waals surface area contributed by atoms with Gasteiger partial charge in [0, 0.05) is 105 Å². The number of nitrogens with zero attached hydrogens (tertiary/aromatic N) is 14. The van der Waals surface area contributed by atoms with E-state index in [0.29, 0.717) is 5.82 Å². The predicted octanol–water partition coefficient (Wildman–Crippen LogP) is 18.2. The van der Waals surface area contributed by atoms with Gasteiger partial charge < -0.3 is 0 Å². The summed E-state index contributed by atoms with van der Waals surface area (Å²) < 4.78 is 0. The number of pyridine rings is 4. The van der Waals surface area contributed by atoms with E-state index in [9.17, 15) is 0 Å². The van der Waals surface area contributed by atoms with Crippen LogP contribution in [0.1, 0.15) is 28.9 Å².